The van der Waals surface area contributed by atoms with E-state index in [4.69, 9.17) is 0 Å². The Labute approximate surface area is 66.9 Å². The molecule has 11 heavy (non-hydrogen) atoms. The van der Waals surface area contributed by atoms with E-state index in [1.165, 1.54) is 0 Å². The van der Waals surface area contributed by atoms with Crippen LogP contribution in [-0.4, -0.2) is 12.5 Å². The van der Waals surface area contributed by atoms with Gasteiger partial charge in [-0.2, -0.15) is 0 Å². The molecule has 0 aromatic rings. The minimum atomic E-state index is -1.06. The summed E-state index contributed by atoms with van der Waals surface area (Å²) in [6, 6.07) is 0. The van der Waals surface area contributed by atoms with Crippen LogP contribution in [0.1, 0.15) is 20.3 Å². The predicted octanol–water partition coefficient (Wildman–Crippen LogP) is -1.05. The molecule has 64 valence electrons. The number of hydrogen-bond acceptors (Lipinski definition) is 2. The maximum Gasteiger partial charge on any atom is 0.0775 e. The lowest BCUT2D eigenvalue weighted by atomic mass is 10.0. The van der Waals surface area contributed by atoms with Gasteiger partial charge in [0.25, 0.3) is 0 Å². The summed E-state index contributed by atoms with van der Waals surface area (Å²) in [6.07, 6.45) is 2.40. The van der Waals surface area contributed by atoms with Crippen molar-refractivity contribution in [3.63, 3.8) is 0 Å². The molecule has 3 N–H and O–H groups in total. The van der Waals surface area contributed by atoms with Gasteiger partial charge in [-0.1, -0.05) is 19.9 Å². The molecule has 0 aliphatic heterocycles. The number of carboxylic acids is 1. The van der Waals surface area contributed by atoms with Crippen molar-refractivity contribution in [2.75, 3.05) is 6.54 Å². The quantitative estimate of drug-likeness (QED) is 0.529. The largest absolute Gasteiger partial charge is 0.545 e. The summed E-state index contributed by atoms with van der Waals surface area (Å²) in [4.78, 5) is 10.4. The van der Waals surface area contributed by atoms with Crippen LogP contribution in [0.15, 0.2) is 11.6 Å². The van der Waals surface area contributed by atoms with E-state index in [0.29, 0.717) is 12.0 Å². The van der Waals surface area contributed by atoms with Crippen molar-refractivity contribution in [1.29, 1.82) is 0 Å². The molecular weight excluding hydrogens is 142 g/mol. The molecule has 0 saturated carbocycles. The molecule has 0 aromatic carbocycles. The third kappa shape index (κ3) is 3.78. The minimum Gasteiger partial charge on any atom is -0.545 e. The van der Waals surface area contributed by atoms with Crippen LogP contribution in [0, 0.1) is 5.92 Å². The second-order valence-corrected chi connectivity index (χ2v) is 2.74. The second-order valence-electron chi connectivity index (χ2n) is 2.74. The molecule has 0 fully saturated rings. The topological polar surface area (TPSA) is 67.8 Å². The van der Waals surface area contributed by atoms with Gasteiger partial charge >= 0.3 is 0 Å². The first-order chi connectivity index (χ1) is 5.09. The van der Waals surface area contributed by atoms with Gasteiger partial charge in [-0.05, 0) is 11.5 Å². The zero-order chi connectivity index (χ0) is 8.85. The van der Waals surface area contributed by atoms with Crippen LogP contribution in [0.25, 0.3) is 0 Å². The van der Waals surface area contributed by atoms with Gasteiger partial charge in [-0.3, -0.25) is 0 Å². The fourth-order valence-electron chi connectivity index (χ4n) is 0.812. The molecule has 0 rings (SSSR count). The van der Waals surface area contributed by atoms with E-state index in [1.54, 1.807) is 6.08 Å². The highest BCUT2D eigenvalue weighted by molar-refractivity contribution is 5.85. The third-order valence-electron chi connectivity index (χ3n) is 1.43. The van der Waals surface area contributed by atoms with E-state index in [-0.39, 0.29) is 5.92 Å². The molecule has 3 heteroatoms. The predicted molar refractivity (Wildman–Crippen MR) is 40.3 cm³/mol. The smallest absolute Gasteiger partial charge is 0.0775 e. The second kappa shape index (κ2) is 4.91. The van der Waals surface area contributed by atoms with Gasteiger partial charge in [0.15, 0.2) is 0 Å². The Balaban J connectivity index is 4.21. The monoisotopic (exact) mass is 157 g/mol. The van der Waals surface area contributed by atoms with Crippen LogP contribution in [0.5, 0.6) is 0 Å². The summed E-state index contributed by atoms with van der Waals surface area (Å²) in [5, 5.41) is 10.4. The zero-order valence-electron chi connectivity index (χ0n) is 7.09. The lowest BCUT2D eigenvalue weighted by molar-refractivity contribution is -0.366. The molecule has 0 heterocycles. The number of aliphatic carboxylic acids is 1. The summed E-state index contributed by atoms with van der Waals surface area (Å²) in [5.41, 5.74) is 4.00. The summed E-state index contributed by atoms with van der Waals surface area (Å²) in [5.74, 6) is -1.03. The lowest BCUT2D eigenvalue weighted by Crippen LogP contribution is -2.49. The van der Waals surface area contributed by atoms with Crippen LogP contribution in [-0.2, 0) is 4.79 Å². The molecule has 0 atom stereocenters. The molecule has 0 saturated heterocycles. The maximum atomic E-state index is 10.4. The SMILES string of the molecule is CC(C)C(=CCC[NH3+])C(=O)[O-]. The highest BCUT2D eigenvalue weighted by Crippen LogP contribution is 2.08. The molecule has 0 unspecified atom stereocenters. The van der Waals surface area contributed by atoms with E-state index in [1.807, 2.05) is 13.8 Å². The number of quaternary nitrogens is 1. The number of carbonyl (C=O) groups is 1. The Morgan fingerprint density at radius 1 is 1.64 bits per heavy atom. The highest BCUT2D eigenvalue weighted by Gasteiger charge is 2.02. The van der Waals surface area contributed by atoms with Gasteiger partial charge < -0.3 is 15.6 Å². The lowest BCUT2D eigenvalue weighted by Gasteiger charge is -2.11. The third-order valence-corrected chi connectivity index (χ3v) is 1.43. The molecule has 0 aliphatic rings. The first-order valence-electron chi connectivity index (χ1n) is 3.80. The highest BCUT2D eigenvalue weighted by atomic mass is 16.4. The number of carbonyl (C=O) groups excluding carboxylic acids is 1. The van der Waals surface area contributed by atoms with Crippen molar-refractivity contribution in [1.82, 2.24) is 0 Å². The first-order valence-corrected chi connectivity index (χ1v) is 3.80. The van der Waals surface area contributed by atoms with Gasteiger partial charge in [-0.15, -0.1) is 0 Å². The van der Waals surface area contributed by atoms with Crippen molar-refractivity contribution >= 4 is 5.97 Å². The number of hydrogen-bond donors (Lipinski definition) is 1. The summed E-state index contributed by atoms with van der Waals surface area (Å²) >= 11 is 0. The molecular formula is C8H15NO2. The Bertz CT molecular complexity index is 161. The summed E-state index contributed by atoms with van der Waals surface area (Å²) in [6.45, 7) is 4.40. The molecule has 0 aliphatic carbocycles. The molecule has 0 radical (unpaired) electrons. The molecule has 3 nitrogen and oxygen atoms in total. The van der Waals surface area contributed by atoms with E-state index < -0.39 is 5.97 Å². The summed E-state index contributed by atoms with van der Waals surface area (Å²) < 4.78 is 0. The van der Waals surface area contributed by atoms with Crippen LogP contribution in [0.4, 0.5) is 0 Å². The van der Waals surface area contributed by atoms with Crippen molar-refractivity contribution in [2.24, 2.45) is 5.92 Å². The van der Waals surface area contributed by atoms with Crippen molar-refractivity contribution in [3.8, 4) is 0 Å². The Morgan fingerprint density at radius 2 is 2.18 bits per heavy atom. The van der Waals surface area contributed by atoms with E-state index >= 15 is 0 Å². The molecule has 0 bridgehead atoms. The van der Waals surface area contributed by atoms with Gasteiger partial charge in [0, 0.05) is 6.42 Å². The average molecular weight is 157 g/mol. The molecule has 0 spiro atoms. The fourth-order valence-corrected chi connectivity index (χ4v) is 0.812. The normalized spacial score (nSPS) is 12.2. The Hall–Kier alpha value is -0.830. The average Bonchev–Trinajstić information content (AvgIpc) is 1.87. The van der Waals surface area contributed by atoms with Crippen LogP contribution >= 0.6 is 0 Å². The van der Waals surface area contributed by atoms with Gasteiger partial charge in [0.05, 0.1) is 12.5 Å². The fraction of sp³-hybridized carbons (Fsp3) is 0.625. The van der Waals surface area contributed by atoms with Crippen LogP contribution < -0.4 is 10.8 Å². The zero-order valence-corrected chi connectivity index (χ0v) is 7.09. The molecule has 0 aromatic heterocycles. The van der Waals surface area contributed by atoms with Crippen LogP contribution in [0.3, 0.4) is 0 Å². The first kappa shape index (κ1) is 10.2. The number of rotatable bonds is 4. The number of carboxylic acid groups (broad SMARTS) is 1. The van der Waals surface area contributed by atoms with Crippen LogP contribution in [0.2, 0.25) is 0 Å². The van der Waals surface area contributed by atoms with E-state index in [2.05, 4.69) is 5.73 Å². The van der Waals surface area contributed by atoms with E-state index in [0.717, 1.165) is 6.54 Å². The standard InChI is InChI=1S/C8H15NO2/c1-6(2)7(8(10)11)4-3-5-9/h4,6H,3,5,9H2,1-2H3,(H,10,11). The van der Waals surface area contributed by atoms with Gasteiger partial charge in [-0.25, -0.2) is 0 Å². The van der Waals surface area contributed by atoms with Crippen molar-refractivity contribution in [3.05, 3.63) is 11.6 Å². The Kier molecular flexibility index (Phi) is 4.54. The van der Waals surface area contributed by atoms with Crippen molar-refractivity contribution < 1.29 is 15.6 Å². The minimum absolute atomic E-state index is 0.0338. The Morgan fingerprint density at radius 3 is 2.45 bits per heavy atom. The van der Waals surface area contributed by atoms with Crippen molar-refractivity contribution in [2.45, 2.75) is 20.3 Å². The van der Waals surface area contributed by atoms with Gasteiger partial charge in [0.1, 0.15) is 0 Å². The van der Waals surface area contributed by atoms with E-state index in [9.17, 15) is 9.90 Å². The maximum absolute atomic E-state index is 10.4. The summed E-state index contributed by atoms with van der Waals surface area (Å²) in [7, 11) is 0. The van der Waals surface area contributed by atoms with Gasteiger partial charge in [0.2, 0.25) is 0 Å². The molecule has 0 amide bonds.